The first-order valence-corrected chi connectivity index (χ1v) is 13.8. The third-order valence-corrected chi connectivity index (χ3v) is 9.51. The van der Waals surface area contributed by atoms with Crippen LogP contribution in [0, 0.1) is 0 Å². The Bertz CT molecular complexity index is 1050. The van der Waals surface area contributed by atoms with Crippen molar-refractivity contribution >= 4 is 40.3 Å². The van der Waals surface area contributed by atoms with Crippen LogP contribution in [0.2, 0.25) is 0 Å². The second kappa shape index (κ2) is 9.09. The van der Waals surface area contributed by atoms with Gasteiger partial charge in [0.2, 0.25) is 0 Å². The van der Waals surface area contributed by atoms with Gasteiger partial charge in [0.1, 0.15) is 0 Å². The molecule has 1 aliphatic rings. The SMILES string of the molecule is CC(C)(C)c1ccc(C2=CB(c3ccccc3)C=C(c3ccc(C(C)(C)C)cc3)[Te]2)cc1. The van der Waals surface area contributed by atoms with E-state index in [1.165, 1.54) is 27.7 Å². The van der Waals surface area contributed by atoms with Crippen LogP contribution < -0.4 is 5.46 Å². The van der Waals surface area contributed by atoms with Crippen molar-refractivity contribution in [1.82, 2.24) is 0 Å². The van der Waals surface area contributed by atoms with Crippen LogP contribution in [0.5, 0.6) is 0 Å². The van der Waals surface area contributed by atoms with Gasteiger partial charge in [-0.05, 0) is 0 Å². The summed E-state index contributed by atoms with van der Waals surface area (Å²) in [6.07, 6.45) is 0. The minimum atomic E-state index is -0.469. The van der Waals surface area contributed by atoms with Gasteiger partial charge in [-0.3, -0.25) is 0 Å². The first-order chi connectivity index (χ1) is 15.1. The van der Waals surface area contributed by atoms with Crippen LogP contribution in [0.3, 0.4) is 0 Å². The summed E-state index contributed by atoms with van der Waals surface area (Å²) < 4.78 is 3.09. The third-order valence-electron chi connectivity index (χ3n) is 6.14. The third kappa shape index (κ3) is 5.31. The summed E-state index contributed by atoms with van der Waals surface area (Å²) >= 11 is -0.469. The predicted molar refractivity (Wildman–Crippen MR) is 144 cm³/mol. The maximum atomic E-state index is 2.51. The molecule has 0 atom stereocenters. The van der Waals surface area contributed by atoms with Gasteiger partial charge in [0.25, 0.3) is 0 Å². The fourth-order valence-electron chi connectivity index (χ4n) is 4.01. The number of benzene rings is 3. The summed E-state index contributed by atoms with van der Waals surface area (Å²) in [5.41, 5.74) is 7.30. The minimum absolute atomic E-state index is 0.183. The van der Waals surface area contributed by atoms with Gasteiger partial charge in [-0.2, -0.15) is 0 Å². The number of hydrogen-bond acceptors (Lipinski definition) is 0. The standard InChI is InChI=1S/C30H33BTe/c1-29(2,3)24-16-12-22(13-17-24)27-20-31(26-10-8-7-9-11-26)21-28(32-27)23-14-18-25(19-15-23)30(4,5)6/h7-21H,1-6H3. The van der Waals surface area contributed by atoms with Crippen LogP contribution in [0.15, 0.2) is 90.8 Å². The van der Waals surface area contributed by atoms with Gasteiger partial charge in [0.05, 0.1) is 0 Å². The molecule has 0 N–H and O–H groups in total. The van der Waals surface area contributed by atoms with Crippen LogP contribution in [-0.4, -0.2) is 27.6 Å². The molecule has 162 valence electrons. The van der Waals surface area contributed by atoms with Crippen molar-refractivity contribution in [3.63, 3.8) is 0 Å². The summed E-state index contributed by atoms with van der Waals surface area (Å²) in [6.45, 7) is 14.0. The van der Waals surface area contributed by atoms with Gasteiger partial charge in [-0.1, -0.05) is 0 Å². The molecule has 0 nitrogen and oxygen atoms in total. The molecule has 1 heterocycles. The van der Waals surface area contributed by atoms with Crippen molar-refractivity contribution in [2.75, 3.05) is 0 Å². The first-order valence-electron chi connectivity index (χ1n) is 11.5. The van der Waals surface area contributed by atoms with E-state index in [1.807, 2.05) is 0 Å². The molecule has 0 spiro atoms. The Labute approximate surface area is 205 Å². The first kappa shape index (κ1) is 23.2. The molecule has 32 heavy (non-hydrogen) atoms. The average Bonchev–Trinajstić information content (AvgIpc) is 2.78. The van der Waals surface area contributed by atoms with E-state index in [2.05, 4.69) is 132 Å². The molecular formula is C30H33BTe. The van der Waals surface area contributed by atoms with Crippen molar-refractivity contribution < 1.29 is 0 Å². The van der Waals surface area contributed by atoms with E-state index >= 15 is 0 Å². The Morgan fingerprint density at radius 3 is 1.31 bits per heavy atom. The fourth-order valence-corrected chi connectivity index (χ4v) is 7.36. The van der Waals surface area contributed by atoms with E-state index in [1.54, 1.807) is 7.24 Å². The monoisotopic (exact) mass is 534 g/mol. The van der Waals surface area contributed by atoms with Crippen molar-refractivity contribution in [2.24, 2.45) is 0 Å². The summed E-state index contributed by atoms with van der Waals surface area (Å²) in [5.74, 6) is 5.02. The van der Waals surface area contributed by atoms with Crippen LogP contribution in [0.25, 0.3) is 7.24 Å². The molecule has 4 rings (SSSR count). The topological polar surface area (TPSA) is 0 Å². The van der Waals surface area contributed by atoms with Crippen molar-refractivity contribution in [3.05, 3.63) is 113 Å². The predicted octanol–water partition coefficient (Wildman–Crippen LogP) is 6.86. The second-order valence-corrected chi connectivity index (χ2v) is 13.8. The molecule has 2 heteroatoms. The molecule has 0 aliphatic carbocycles. The normalized spacial score (nSPS) is 14.8. The van der Waals surface area contributed by atoms with Gasteiger partial charge in [-0.25, -0.2) is 0 Å². The second-order valence-electron chi connectivity index (χ2n) is 10.8. The summed E-state index contributed by atoms with van der Waals surface area (Å²) in [4.78, 5) is 0. The Kier molecular flexibility index (Phi) is 6.58. The quantitative estimate of drug-likeness (QED) is 0.324. The zero-order valence-electron chi connectivity index (χ0n) is 20.1. The van der Waals surface area contributed by atoms with Gasteiger partial charge in [0.15, 0.2) is 0 Å². The van der Waals surface area contributed by atoms with E-state index in [0.29, 0.717) is 6.71 Å². The summed E-state index contributed by atoms with van der Waals surface area (Å²) in [6, 6.07) is 29.5. The Balaban J connectivity index is 1.71. The van der Waals surface area contributed by atoms with Crippen LogP contribution in [0.4, 0.5) is 0 Å². The van der Waals surface area contributed by atoms with Crippen LogP contribution in [-0.2, 0) is 10.8 Å². The van der Waals surface area contributed by atoms with Crippen molar-refractivity contribution in [1.29, 1.82) is 0 Å². The van der Waals surface area contributed by atoms with E-state index in [0.717, 1.165) is 0 Å². The Morgan fingerprint density at radius 2 is 0.938 bits per heavy atom. The van der Waals surface area contributed by atoms with Crippen molar-refractivity contribution in [2.45, 2.75) is 52.4 Å². The Morgan fingerprint density at radius 1 is 0.531 bits per heavy atom. The number of hydrogen-bond donors (Lipinski definition) is 0. The Hall–Kier alpha value is -2.01. The summed E-state index contributed by atoms with van der Waals surface area (Å²) in [7, 11) is 0. The zero-order valence-corrected chi connectivity index (χ0v) is 22.5. The molecule has 0 radical (unpaired) electrons. The zero-order chi connectivity index (χ0) is 22.9. The molecule has 3 aromatic rings. The summed E-state index contributed by atoms with van der Waals surface area (Å²) in [5, 5.41) is 0. The van der Waals surface area contributed by atoms with Crippen LogP contribution >= 0.6 is 0 Å². The van der Waals surface area contributed by atoms with E-state index < -0.39 is 20.9 Å². The maximum absolute atomic E-state index is 2.51. The van der Waals surface area contributed by atoms with Gasteiger partial charge >= 0.3 is 206 Å². The fraction of sp³-hybridized carbons (Fsp3) is 0.267. The molecule has 0 bridgehead atoms. The molecule has 0 fully saturated rings. The van der Waals surface area contributed by atoms with E-state index in [9.17, 15) is 0 Å². The molecule has 0 aromatic heterocycles. The molecule has 0 saturated carbocycles. The van der Waals surface area contributed by atoms with E-state index in [4.69, 9.17) is 0 Å². The molecule has 0 amide bonds. The average molecular weight is 532 g/mol. The molecule has 0 saturated heterocycles. The van der Waals surface area contributed by atoms with Gasteiger partial charge in [-0.15, -0.1) is 0 Å². The van der Waals surface area contributed by atoms with E-state index in [-0.39, 0.29) is 10.8 Å². The van der Waals surface area contributed by atoms with Gasteiger partial charge < -0.3 is 0 Å². The van der Waals surface area contributed by atoms with Gasteiger partial charge in [0, 0.05) is 0 Å². The van der Waals surface area contributed by atoms with Crippen LogP contribution in [0.1, 0.15) is 63.8 Å². The number of rotatable bonds is 3. The molecule has 1 aliphatic heterocycles. The van der Waals surface area contributed by atoms with Crippen molar-refractivity contribution in [3.8, 4) is 0 Å². The molecule has 3 aromatic carbocycles. The molecular weight excluding hydrogens is 499 g/mol. The molecule has 0 unspecified atom stereocenters.